The highest BCUT2D eigenvalue weighted by atomic mass is 32.2. The molecule has 1 aromatic rings. The van der Waals surface area contributed by atoms with Crippen LogP contribution in [0.15, 0.2) is 0 Å². The Hall–Kier alpha value is -1.41. The number of carbonyl (C=O) groups excluding carboxylic acids is 1. The van der Waals surface area contributed by atoms with Gasteiger partial charge in [-0.3, -0.25) is 14.8 Å². The Labute approximate surface area is 149 Å². The van der Waals surface area contributed by atoms with Crippen LogP contribution in [-0.4, -0.2) is 78.0 Å². The molecule has 1 N–H and O–H groups in total. The highest BCUT2D eigenvalue weighted by Crippen LogP contribution is 2.20. The van der Waals surface area contributed by atoms with Crippen molar-refractivity contribution in [2.24, 2.45) is 0 Å². The van der Waals surface area contributed by atoms with Gasteiger partial charge in [-0.2, -0.15) is 5.10 Å². The van der Waals surface area contributed by atoms with E-state index in [-0.39, 0.29) is 5.91 Å². The second-order valence-electron chi connectivity index (χ2n) is 7.21. The lowest BCUT2D eigenvalue weighted by molar-refractivity contribution is -0.133. The first-order valence-corrected chi connectivity index (χ1v) is 10.9. The van der Waals surface area contributed by atoms with Gasteiger partial charge in [0.25, 0.3) is 0 Å². The summed E-state index contributed by atoms with van der Waals surface area (Å²) >= 11 is 0. The molecule has 2 aliphatic rings. The molecule has 1 aromatic heterocycles. The molecule has 2 aliphatic heterocycles. The summed E-state index contributed by atoms with van der Waals surface area (Å²) in [6.45, 7) is 7.13. The number of aromatic nitrogens is 2. The number of nitrogens with zero attached hydrogens (tertiary/aromatic N) is 3. The average Bonchev–Trinajstić information content (AvgIpc) is 2.91. The van der Waals surface area contributed by atoms with Gasteiger partial charge in [0, 0.05) is 44.3 Å². The number of rotatable bonds is 4. The van der Waals surface area contributed by atoms with E-state index < -0.39 is 9.84 Å². The third kappa shape index (κ3) is 4.41. The van der Waals surface area contributed by atoms with Crippen LogP contribution < -0.4 is 0 Å². The number of H-pyrrole nitrogens is 1. The second-order valence-corrected chi connectivity index (χ2v) is 9.52. The van der Waals surface area contributed by atoms with Crippen LogP contribution in [0.2, 0.25) is 0 Å². The van der Waals surface area contributed by atoms with Crippen LogP contribution in [0, 0.1) is 13.8 Å². The van der Waals surface area contributed by atoms with Gasteiger partial charge in [-0.05, 0) is 38.7 Å². The van der Waals surface area contributed by atoms with E-state index in [0.29, 0.717) is 24.0 Å². The third-order valence-corrected chi connectivity index (χ3v) is 7.29. The van der Waals surface area contributed by atoms with Crippen molar-refractivity contribution in [1.82, 2.24) is 20.0 Å². The molecule has 1 amide bonds. The summed E-state index contributed by atoms with van der Waals surface area (Å²) < 4.78 is 23.1. The van der Waals surface area contributed by atoms with Crippen LogP contribution in [0.1, 0.15) is 36.2 Å². The van der Waals surface area contributed by atoms with Crippen LogP contribution >= 0.6 is 0 Å². The fourth-order valence-electron chi connectivity index (χ4n) is 3.91. The molecule has 0 atom stereocenters. The Morgan fingerprint density at radius 1 is 1.16 bits per heavy atom. The quantitative estimate of drug-likeness (QED) is 0.845. The van der Waals surface area contributed by atoms with E-state index in [1.54, 1.807) is 0 Å². The van der Waals surface area contributed by atoms with Gasteiger partial charge in [-0.1, -0.05) is 0 Å². The normalized spacial score (nSPS) is 22.2. The van der Waals surface area contributed by atoms with Crippen LogP contribution in [0.5, 0.6) is 0 Å². The zero-order chi connectivity index (χ0) is 18.0. The number of nitrogens with one attached hydrogen (secondary N) is 1. The van der Waals surface area contributed by atoms with Crippen molar-refractivity contribution in [3.63, 3.8) is 0 Å². The maximum absolute atomic E-state index is 12.5. The number of hydrogen-bond donors (Lipinski definition) is 1. The van der Waals surface area contributed by atoms with Gasteiger partial charge in [0.2, 0.25) is 5.91 Å². The number of amides is 1. The molecule has 0 radical (unpaired) electrons. The Balaban J connectivity index is 1.45. The minimum absolute atomic E-state index is 0.200. The molecule has 140 valence electrons. The number of aryl methyl sites for hydroxylation is 2. The monoisotopic (exact) mass is 368 g/mol. The van der Waals surface area contributed by atoms with E-state index in [1.807, 2.05) is 18.7 Å². The molecule has 0 aromatic carbocycles. The lowest BCUT2D eigenvalue weighted by atomic mass is 10.1. The maximum atomic E-state index is 12.5. The summed E-state index contributed by atoms with van der Waals surface area (Å²) in [6, 6.07) is 0.358. The van der Waals surface area contributed by atoms with E-state index in [9.17, 15) is 13.2 Å². The van der Waals surface area contributed by atoms with Crippen LogP contribution in [0.25, 0.3) is 0 Å². The fourth-order valence-corrected chi connectivity index (χ4v) is 5.38. The summed E-state index contributed by atoms with van der Waals surface area (Å²) in [5.41, 5.74) is 3.17. The summed E-state index contributed by atoms with van der Waals surface area (Å²) in [7, 11) is -2.81. The summed E-state index contributed by atoms with van der Waals surface area (Å²) in [6.07, 6.45) is 2.71. The number of sulfone groups is 1. The first-order chi connectivity index (χ1) is 11.9. The van der Waals surface area contributed by atoms with Crippen LogP contribution in [0.3, 0.4) is 0 Å². The van der Waals surface area contributed by atoms with Gasteiger partial charge in [0.1, 0.15) is 9.84 Å². The predicted molar refractivity (Wildman–Crippen MR) is 96.2 cm³/mol. The van der Waals surface area contributed by atoms with Gasteiger partial charge in [-0.15, -0.1) is 0 Å². The van der Waals surface area contributed by atoms with Crippen molar-refractivity contribution in [2.45, 2.75) is 45.6 Å². The number of hydrogen-bond acceptors (Lipinski definition) is 5. The molecular formula is C17H28N4O3S. The topological polar surface area (TPSA) is 86.4 Å². The molecule has 7 nitrogen and oxygen atoms in total. The first kappa shape index (κ1) is 18.4. The fraction of sp³-hybridized carbons (Fsp3) is 0.765. The Morgan fingerprint density at radius 2 is 1.80 bits per heavy atom. The van der Waals surface area contributed by atoms with Gasteiger partial charge >= 0.3 is 0 Å². The second kappa shape index (κ2) is 7.45. The summed E-state index contributed by atoms with van der Waals surface area (Å²) in [4.78, 5) is 16.8. The third-order valence-electron chi connectivity index (χ3n) is 5.58. The molecular weight excluding hydrogens is 340 g/mol. The predicted octanol–water partition coefficient (Wildman–Crippen LogP) is 0.681. The summed E-state index contributed by atoms with van der Waals surface area (Å²) in [5, 5.41) is 7.14. The molecule has 2 saturated heterocycles. The molecule has 0 bridgehead atoms. The SMILES string of the molecule is Cc1n[nH]c(C)c1CCC(=O)N1CCN(C2CCS(=O)(=O)CC2)CC1. The summed E-state index contributed by atoms with van der Waals surface area (Å²) in [5.74, 6) is 0.811. The highest BCUT2D eigenvalue weighted by molar-refractivity contribution is 7.91. The van der Waals surface area contributed by atoms with E-state index in [4.69, 9.17) is 0 Å². The molecule has 0 spiro atoms. The van der Waals surface area contributed by atoms with Gasteiger partial charge in [0.05, 0.1) is 17.2 Å². The van der Waals surface area contributed by atoms with E-state index in [0.717, 1.165) is 62.4 Å². The molecule has 3 rings (SSSR count). The molecule has 25 heavy (non-hydrogen) atoms. The lowest BCUT2D eigenvalue weighted by Crippen LogP contribution is -2.53. The Morgan fingerprint density at radius 3 is 2.36 bits per heavy atom. The molecule has 0 unspecified atom stereocenters. The minimum Gasteiger partial charge on any atom is -0.340 e. The Bertz CT molecular complexity index is 687. The van der Waals surface area contributed by atoms with Gasteiger partial charge in [0.15, 0.2) is 0 Å². The molecule has 8 heteroatoms. The highest BCUT2D eigenvalue weighted by Gasteiger charge is 2.30. The van der Waals surface area contributed by atoms with Crippen molar-refractivity contribution < 1.29 is 13.2 Å². The molecule has 3 heterocycles. The van der Waals surface area contributed by atoms with Crippen molar-refractivity contribution in [2.75, 3.05) is 37.7 Å². The zero-order valence-electron chi connectivity index (χ0n) is 15.1. The Kier molecular flexibility index (Phi) is 5.48. The lowest BCUT2D eigenvalue weighted by Gasteiger charge is -2.40. The number of piperazine rings is 1. The smallest absolute Gasteiger partial charge is 0.222 e. The number of aromatic amines is 1. The minimum atomic E-state index is -2.81. The largest absolute Gasteiger partial charge is 0.340 e. The maximum Gasteiger partial charge on any atom is 0.222 e. The molecule has 0 saturated carbocycles. The standard InChI is InChI=1S/C17H28N4O3S/c1-13-16(14(2)19-18-13)3-4-17(22)21-9-7-20(8-10-21)15-5-11-25(23,24)12-6-15/h15H,3-12H2,1-2H3,(H,18,19). The van der Waals surface area contributed by atoms with E-state index in [2.05, 4.69) is 15.1 Å². The average molecular weight is 369 g/mol. The van der Waals surface area contributed by atoms with Crippen LogP contribution in [0.4, 0.5) is 0 Å². The van der Waals surface area contributed by atoms with E-state index in [1.165, 1.54) is 0 Å². The number of carbonyl (C=O) groups is 1. The van der Waals surface area contributed by atoms with Crippen LogP contribution in [-0.2, 0) is 21.1 Å². The molecule has 0 aliphatic carbocycles. The van der Waals surface area contributed by atoms with Crippen molar-refractivity contribution in [3.05, 3.63) is 17.0 Å². The van der Waals surface area contributed by atoms with Crippen molar-refractivity contribution in [1.29, 1.82) is 0 Å². The first-order valence-electron chi connectivity index (χ1n) is 9.08. The zero-order valence-corrected chi connectivity index (χ0v) is 15.9. The molecule has 2 fully saturated rings. The van der Waals surface area contributed by atoms with E-state index >= 15 is 0 Å². The van der Waals surface area contributed by atoms with Crippen molar-refractivity contribution in [3.8, 4) is 0 Å². The van der Waals surface area contributed by atoms with Gasteiger partial charge in [-0.25, -0.2) is 8.42 Å². The van der Waals surface area contributed by atoms with Crippen molar-refractivity contribution >= 4 is 15.7 Å². The van der Waals surface area contributed by atoms with Gasteiger partial charge < -0.3 is 4.90 Å².